The summed E-state index contributed by atoms with van der Waals surface area (Å²) in [5, 5.41) is 6.82. The number of carbonyl (C=O) groups is 2. The zero-order valence-electron chi connectivity index (χ0n) is 17.2. The van der Waals surface area contributed by atoms with Crippen LogP contribution in [0.5, 0.6) is 5.75 Å². The number of amides is 2. The summed E-state index contributed by atoms with van der Waals surface area (Å²) in [6.45, 7) is 3.50. The average Bonchev–Trinajstić information content (AvgIpc) is 2.78. The van der Waals surface area contributed by atoms with E-state index in [4.69, 9.17) is 4.74 Å². The van der Waals surface area contributed by atoms with E-state index in [0.29, 0.717) is 11.5 Å². The molecule has 0 unspecified atom stereocenters. The van der Waals surface area contributed by atoms with Gasteiger partial charge in [0.05, 0.1) is 11.3 Å². The van der Waals surface area contributed by atoms with E-state index in [1.165, 1.54) is 18.2 Å². The third kappa shape index (κ3) is 5.99. The van der Waals surface area contributed by atoms with E-state index in [-0.39, 0.29) is 18.1 Å². The summed E-state index contributed by atoms with van der Waals surface area (Å²) in [6.07, 6.45) is 0. The molecular weight excluding hydrogens is 397 g/mol. The number of halogens is 1. The second-order valence-corrected chi connectivity index (χ2v) is 6.79. The Kier molecular flexibility index (Phi) is 7.11. The number of hydrazone groups is 1. The van der Waals surface area contributed by atoms with Gasteiger partial charge in [-0.1, -0.05) is 30.3 Å². The molecule has 0 saturated carbocycles. The van der Waals surface area contributed by atoms with Gasteiger partial charge in [-0.2, -0.15) is 5.10 Å². The van der Waals surface area contributed by atoms with Crippen molar-refractivity contribution < 1.29 is 18.7 Å². The van der Waals surface area contributed by atoms with E-state index in [9.17, 15) is 14.0 Å². The van der Waals surface area contributed by atoms with Crippen molar-refractivity contribution >= 4 is 23.2 Å². The van der Waals surface area contributed by atoms with Crippen molar-refractivity contribution in [3.05, 3.63) is 95.3 Å². The molecule has 31 heavy (non-hydrogen) atoms. The number of ether oxygens (including phenoxy) is 1. The number of para-hydroxylation sites is 1. The number of aryl methyl sites for hydroxylation is 1. The predicted octanol–water partition coefficient (Wildman–Crippen LogP) is 4.31. The lowest BCUT2D eigenvalue weighted by Gasteiger charge is -2.10. The summed E-state index contributed by atoms with van der Waals surface area (Å²) >= 11 is 0. The Morgan fingerprint density at radius 1 is 0.968 bits per heavy atom. The Morgan fingerprint density at radius 2 is 1.65 bits per heavy atom. The van der Waals surface area contributed by atoms with Crippen LogP contribution in [0.2, 0.25) is 0 Å². The molecule has 0 aromatic heterocycles. The highest BCUT2D eigenvalue weighted by Crippen LogP contribution is 2.15. The Labute approximate surface area is 179 Å². The molecule has 158 valence electrons. The topological polar surface area (TPSA) is 79.8 Å². The molecule has 3 aromatic rings. The molecule has 0 atom stereocenters. The van der Waals surface area contributed by atoms with Crippen molar-refractivity contribution in [2.24, 2.45) is 5.10 Å². The summed E-state index contributed by atoms with van der Waals surface area (Å²) in [6, 6.07) is 20.1. The Bertz CT molecular complexity index is 1110. The van der Waals surface area contributed by atoms with Gasteiger partial charge in [0.15, 0.2) is 6.61 Å². The average molecular weight is 419 g/mol. The van der Waals surface area contributed by atoms with Crippen LogP contribution in [-0.2, 0) is 4.79 Å². The number of hydrogen-bond acceptors (Lipinski definition) is 4. The Morgan fingerprint density at radius 3 is 2.35 bits per heavy atom. The van der Waals surface area contributed by atoms with Gasteiger partial charge in [0, 0.05) is 5.69 Å². The van der Waals surface area contributed by atoms with Crippen molar-refractivity contribution in [1.29, 1.82) is 0 Å². The SMILES string of the molecule is C/C(=N/NC(=O)c1ccccc1F)c1ccc(OCC(=O)Nc2ccccc2C)cc1. The van der Waals surface area contributed by atoms with Gasteiger partial charge in [-0.25, -0.2) is 9.82 Å². The van der Waals surface area contributed by atoms with Crippen LogP contribution < -0.4 is 15.5 Å². The summed E-state index contributed by atoms with van der Waals surface area (Å²) in [5.74, 6) is -0.975. The normalized spacial score (nSPS) is 11.0. The van der Waals surface area contributed by atoms with E-state index in [2.05, 4.69) is 15.8 Å². The zero-order chi connectivity index (χ0) is 22.2. The van der Waals surface area contributed by atoms with Crippen molar-refractivity contribution in [2.75, 3.05) is 11.9 Å². The largest absolute Gasteiger partial charge is 0.484 e. The van der Waals surface area contributed by atoms with E-state index in [1.54, 1.807) is 37.3 Å². The van der Waals surface area contributed by atoms with Crippen LogP contribution in [0.4, 0.5) is 10.1 Å². The second-order valence-electron chi connectivity index (χ2n) is 6.79. The lowest BCUT2D eigenvalue weighted by atomic mass is 10.1. The first kappa shape index (κ1) is 21.7. The molecule has 0 aliphatic carbocycles. The number of rotatable bonds is 7. The lowest BCUT2D eigenvalue weighted by molar-refractivity contribution is -0.118. The number of benzene rings is 3. The molecule has 0 aliphatic heterocycles. The third-order valence-corrected chi connectivity index (χ3v) is 4.50. The fourth-order valence-electron chi connectivity index (χ4n) is 2.75. The Balaban J connectivity index is 1.54. The molecule has 2 amide bonds. The third-order valence-electron chi connectivity index (χ3n) is 4.50. The minimum absolute atomic E-state index is 0.0771. The minimum Gasteiger partial charge on any atom is -0.484 e. The van der Waals surface area contributed by atoms with Crippen LogP contribution >= 0.6 is 0 Å². The highest BCUT2D eigenvalue weighted by atomic mass is 19.1. The molecule has 0 heterocycles. The Hall–Kier alpha value is -4.00. The predicted molar refractivity (Wildman–Crippen MR) is 118 cm³/mol. The molecule has 6 nitrogen and oxygen atoms in total. The van der Waals surface area contributed by atoms with Gasteiger partial charge in [-0.3, -0.25) is 9.59 Å². The van der Waals surface area contributed by atoms with Gasteiger partial charge >= 0.3 is 0 Å². The van der Waals surface area contributed by atoms with Gasteiger partial charge in [0.2, 0.25) is 0 Å². The fourth-order valence-corrected chi connectivity index (χ4v) is 2.75. The summed E-state index contributed by atoms with van der Waals surface area (Å²) in [5.41, 5.74) is 5.26. The molecule has 0 radical (unpaired) electrons. The summed E-state index contributed by atoms with van der Waals surface area (Å²) in [4.78, 5) is 24.1. The fraction of sp³-hybridized carbons (Fsp3) is 0.125. The van der Waals surface area contributed by atoms with Crippen LogP contribution in [0.1, 0.15) is 28.4 Å². The first-order chi connectivity index (χ1) is 14.9. The molecule has 7 heteroatoms. The molecule has 0 aliphatic rings. The first-order valence-corrected chi connectivity index (χ1v) is 9.62. The van der Waals surface area contributed by atoms with Gasteiger partial charge in [0.25, 0.3) is 11.8 Å². The van der Waals surface area contributed by atoms with Crippen LogP contribution in [0, 0.1) is 12.7 Å². The molecular formula is C24H22FN3O3. The molecule has 2 N–H and O–H groups in total. The maximum Gasteiger partial charge on any atom is 0.274 e. The molecule has 0 fully saturated rings. The number of carbonyl (C=O) groups excluding carboxylic acids is 2. The first-order valence-electron chi connectivity index (χ1n) is 9.62. The van der Waals surface area contributed by atoms with E-state index in [1.807, 2.05) is 31.2 Å². The van der Waals surface area contributed by atoms with Crippen LogP contribution in [-0.4, -0.2) is 24.1 Å². The van der Waals surface area contributed by atoms with Crippen molar-refractivity contribution in [1.82, 2.24) is 5.43 Å². The van der Waals surface area contributed by atoms with Gasteiger partial charge in [-0.15, -0.1) is 0 Å². The standard InChI is InChI=1S/C24H22FN3O3/c1-16-7-3-6-10-22(16)26-23(29)15-31-19-13-11-18(12-14-19)17(2)27-28-24(30)20-8-4-5-9-21(20)25/h3-14H,15H2,1-2H3,(H,26,29)(H,28,30)/b27-17-. The maximum atomic E-state index is 13.7. The van der Waals surface area contributed by atoms with Crippen molar-refractivity contribution in [3.8, 4) is 5.75 Å². The van der Waals surface area contributed by atoms with E-state index in [0.717, 1.165) is 16.8 Å². The van der Waals surface area contributed by atoms with E-state index < -0.39 is 11.7 Å². The molecule has 0 saturated heterocycles. The van der Waals surface area contributed by atoms with Crippen molar-refractivity contribution in [2.45, 2.75) is 13.8 Å². The number of nitrogens with one attached hydrogen (secondary N) is 2. The summed E-state index contributed by atoms with van der Waals surface area (Å²) < 4.78 is 19.2. The lowest BCUT2D eigenvalue weighted by Crippen LogP contribution is -2.21. The van der Waals surface area contributed by atoms with Gasteiger partial charge in [-0.05, 0) is 67.4 Å². The van der Waals surface area contributed by atoms with Crippen LogP contribution in [0.25, 0.3) is 0 Å². The molecule has 0 bridgehead atoms. The van der Waals surface area contributed by atoms with E-state index >= 15 is 0 Å². The second kappa shape index (κ2) is 10.2. The minimum atomic E-state index is -0.628. The number of hydrogen-bond donors (Lipinski definition) is 2. The monoisotopic (exact) mass is 419 g/mol. The number of nitrogens with zero attached hydrogens (tertiary/aromatic N) is 1. The summed E-state index contributed by atoms with van der Waals surface area (Å²) in [7, 11) is 0. The van der Waals surface area contributed by atoms with Crippen molar-refractivity contribution in [3.63, 3.8) is 0 Å². The van der Waals surface area contributed by atoms with Gasteiger partial charge in [0.1, 0.15) is 11.6 Å². The van der Waals surface area contributed by atoms with Gasteiger partial charge < -0.3 is 10.1 Å². The quantitative estimate of drug-likeness (QED) is 0.443. The van der Waals surface area contributed by atoms with Crippen LogP contribution in [0.3, 0.4) is 0 Å². The maximum absolute atomic E-state index is 13.7. The molecule has 0 spiro atoms. The molecule has 3 rings (SSSR count). The zero-order valence-corrected chi connectivity index (χ0v) is 17.2. The molecule has 3 aromatic carbocycles. The highest BCUT2D eigenvalue weighted by molar-refractivity contribution is 6.01. The van der Waals surface area contributed by atoms with Crippen LogP contribution in [0.15, 0.2) is 77.9 Å². The number of anilines is 1. The highest BCUT2D eigenvalue weighted by Gasteiger charge is 2.10. The smallest absolute Gasteiger partial charge is 0.274 e.